The lowest BCUT2D eigenvalue weighted by molar-refractivity contribution is -0.136. The summed E-state index contributed by atoms with van der Waals surface area (Å²) in [5.41, 5.74) is 2.02. The Morgan fingerprint density at radius 2 is 1.68 bits per heavy atom. The van der Waals surface area contributed by atoms with Gasteiger partial charge in [0.2, 0.25) is 0 Å². The number of anilines is 1. The molecule has 0 N–H and O–H groups in total. The van der Waals surface area contributed by atoms with Crippen molar-refractivity contribution >= 4 is 23.1 Å². The van der Waals surface area contributed by atoms with E-state index in [1.165, 1.54) is 18.1 Å². The lowest BCUT2D eigenvalue weighted by atomic mass is 10.0. The van der Waals surface area contributed by atoms with Crippen LogP contribution in [0.4, 0.5) is 5.69 Å². The van der Waals surface area contributed by atoms with E-state index in [-0.39, 0.29) is 18.4 Å². The van der Waals surface area contributed by atoms with Crippen LogP contribution >= 0.6 is 0 Å². The molecule has 144 valence electrons. The molecular formula is C22H22N2O4. The number of carbonyl (C=O) groups excluding carboxylic acids is 2. The first-order valence-electron chi connectivity index (χ1n) is 8.76. The van der Waals surface area contributed by atoms with Crippen molar-refractivity contribution in [1.82, 2.24) is 4.90 Å². The first kappa shape index (κ1) is 19.2. The van der Waals surface area contributed by atoms with Gasteiger partial charge in [-0.1, -0.05) is 30.3 Å². The Hall–Kier alpha value is -3.54. The number of carbonyl (C=O) groups is 2. The standard InChI is InChI=1S/C22H22N2O4/c1-5-13-24-21(25)19(15-11-12-17(27-3)18(14-15)28-4)20(22(24)26)23(2)16-9-7-6-8-10-16/h5-12,14H,1,13H2,2-4H3. The predicted molar refractivity (Wildman–Crippen MR) is 108 cm³/mol. The van der Waals surface area contributed by atoms with Crippen molar-refractivity contribution in [3.8, 4) is 11.5 Å². The number of amides is 2. The molecule has 2 aromatic rings. The van der Waals surface area contributed by atoms with Gasteiger partial charge in [-0.25, -0.2) is 0 Å². The molecule has 3 rings (SSSR count). The van der Waals surface area contributed by atoms with Crippen LogP contribution in [0.5, 0.6) is 11.5 Å². The molecule has 1 aliphatic rings. The normalized spacial score (nSPS) is 13.8. The van der Waals surface area contributed by atoms with Gasteiger partial charge in [0.1, 0.15) is 5.70 Å². The fourth-order valence-corrected chi connectivity index (χ4v) is 3.20. The van der Waals surface area contributed by atoms with E-state index < -0.39 is 0 Å². The molecule has 6 nitrogen and oxygen atoms in total. The number of hydrogen-bond donors (Lipinski definition) is 0. The SMILES string of the molecule is C=CCN1C(=O)C(c2ccc(OC)c(OC)c2)=C(N(C)c2ccccc2)C1=O. The van der Waals surface area contributed by atoms with E-state index in [9.17, 15) is 9.59 Å². The topological polar surface area (TPSA) is 59.1 Å². The van der Waals surface area contributed by atoms with Crippen LogP contribution in [0.2, 0.25) is 0 Å². The van der Waals surface area contributed by atoms with Gasteiger partial charge in [-0.2, -0.15) is 0 Å². The largest absolute Gasteiger partial charge is 0.493 e. The third kappa shape index (κ3) is 3.24. The zero-order chi connectivity index (χ0) is 20.3. The highest BCUT2D eigenvalue weighted by Gasteiger charge is 2.40. The van der Waals surface area contributed by atoms with Gasteiger partial charge in [-0.05, 0) is 29.8 Å². The summed E-state index contributed by atoms with van der Waals surface area (Å²) in [7, 11) is 4.84. The van der Waals surface area contributed by atoms with Gasteiger partial charge >= 0.3 is 0 Å². The predicted octanol–water partition coefficient (Wildman–Crippen LogP) is 3.11. The van der Waals surface area contributed by atoms with Crippen LogP contribution in [0.15, 0.2) is 66.9 Å². The van der Waals surface area contributed by atoms with Crippen molar-refractivity contribution < 1.29 is 19.1 Å². The maximum Gasteiger partial charge on any atom is 0.278 e. The summed E-state index contributed by atoms with van der Waals surface area (Å²) in [5, 5.41) is 0. The Labute approximate surface area is 164 Å². The molecular weight excluding hydrogens is 356 g/mol. The highest BCUT2D eigenvalue weighted by Crippen LogP contribution is 2.37. The third-order valence-corrected chi connectivity index (χ3v) is 4.61. The van der Waals surface area contributed by atoms with Crippen LogP contribution < -0.4 is 14.4 Å². The summed E-state index contributed by atoms with van der Waals surface area (Å²) in [6, 6.07) is 14.6. The molecule has 0 unspecified atom stereocenters. The first-order chi connectivity index (χ1) is 13.5. The molecule has 1 aliphatic heterocycles. The summed E-state index contributed by atoms with van der Waals surface area (Å²) in [4.78, 5) is 29.1. The molecule has 1 heterocycles. The second kappa shape index (κ2) is 8.00. The molecule has 0 atom stereocenters. The third-order valence-electron chi connectivity index (χ3n) is 4.61. The maximum absolute atomic E-state index is 13.1. The number of benzene rings is 2. The minimum absolute atomic E-state index is 0.139. The number of nitrogens with zero attached hydrogens (tertiary/aromatic N) is 2. The number of para-hydroxylation sites is 1. The number of rotatable bonds is 7. The molecule has 0 fully saturated rings. The van der Waals surface area contributed by atoms with Crippen LogP contribution in [0.1, 0.15) is 5.56 Å². The minimum Gasteiger partial charge on any atom is -0.493 e. The summed E-state index contributed by atoms with van der Waals surface area (Å²) in [5.74, 6) is 0.303. The van der Waals surface area contributed by atoms with Crippen LogP contribution in [0.3, 0.4) is 0 Å². The van der Waals surface area contributed by atoms with Gasteiger partial charge in [0.15, 0.2) is 11.5 Å². The van der Waals surface area contributed by atoms with Crippen molar-refractivity contribution in [2.24, 2.45) is 0 Å². The summed E-state index contributed by atoms with van der Waals surface area (Å²) < 4.78 is 10.6. The Bertz CT molecular complexity index is 950. The molecule has 0 aromatic heterocycles. The second-order valence-electron chi connectivity index (χ2n) is 6.20. The zero-order valence-electron chi connectivity index (χ0n) is 16.1. The molecule has 0 aliphatic carbocycles. The van der Waals surface area contributed by atoms with E-state index in [2.05, 4.69) is 6.58 Å². The summed E-state index contributed by atoms with van der Waals surface area (Å²) in [6.45, 7) is 3.79. The molecule has 6 heteroatoms. The summed E-state index contributed by atoms with van der Waals surface area (Å²) >= 11 is 0. The molecule has 0 bridgehead atoms. The summed E-state index contributed by atoms with van der Waals surface area (Å²) in [6.07, 6.45) is 1.54. The van der Waals surface area contributed by atoms with Crippen molar-refractivity contribution in [3.05, 3.63) is 72.4 Å². The van der Waals surface area contributed by atoms with Gasteiger partial charge in [0, 0.05) is 19.3 Å². The average Bonchev–Trinajstić information content (AvgIpc) is 2.98. The Morgan fingerprint density at radius 3 is 2.29 bits per heavy atom. The van der Waals surface area contributed by atoms with E-state index in [4.69, 9.17) is 9.47 Å². The van der Waals surface area contributed by atoms with Crippen molar-refractivity contribution in [2.75, 3.05) is 32.7 Å². The number of hydrogen-bond acceptors (Lipinski definition) is 5. The highest BCUT2D eigenvalue weighted by atomic mass is 16.5. The van der Waals surface area contributed by atoms with Crippen molar-refractivity contribution in [1.29, 1.82) is 0 Å². The Kier molecular flexibility index (Phi) is 5.49. The van der Waals surface area contributed by atoms with Gasteiger partial charge in [0.25, 0.3) is 11.8 Å². The smallest absolute Gasteiger partial charge is 0.278 e. The van der Waals surface area contributed by atoms with Crippen molar-refractivity contribution in [2.45, 2.75) is 0 Å². The zero-order valence-corrected chi connectivity index (χ0v) is 16.1. The fourth-order valence-electron chi connectivity index (χ4n) is 3.20. The molecule has 2 amide bonds. The Morgan fingerprint density at radius 1 is 1.00 bits per heavy atom. The fraction of sp³-hybridized carbons (Fsp3) is 0.182. The van der Waals surface area contributed by atoms with Crippen molar-refractivity contribution in [3.63, 3.8) is 0 Å². The van der Waals surface area contributed by atoms with Gasteiger partial charge in [0.05, 0.1) is 19.8 Å². The molecule has 0 radical (unpaired) electrons. The second-order valence-corrected chi connectivity index (χ2v) is 6.20. The van der Waals surface area contributed by atoms with Crippen LogP contribution in [-0.2, 0) is 9.59 Å². The lowest BCUT2D eigenvalue weighted by Gasteiger charge is -2.21. The van der Waals surface area contributed by atoms with Gasteiger partial charge in [-0.3, -0.25) is 14.5 Å². The molecule has 0 saturated carbocycles. The van der Waals surface area contributed by atoms with E-state index >= 15 is 0 Å². The van der Waals surface area contributed by atoms with E-state index in [1.807, 2.05) is 30.3 Å². The first-order valence-corrected chi connectivity index (χ1v) is 8.76. The molecule has 28 heavy (non-hydrogen) atoms. The van der Waals surface area contributed by atoms with Crippen LogP contribution in [-0.4, -0.2) is 44.5 Å². The van der Waals surface area contributed by atoms with Crippen LogP contribution in [0, 0.1) is 0 Å². The number of ether oxygens (including phenoxy) is 2. The monoisotopic (exact) mass is 378 g/mol. The van der Waals surface area contributed by atoms with E-state index in [0.29, 0.717) is 28.3 Å². The van der Waals surface area contributed by atoms with Gasteiger partial charge in [-0.15, -0.1) is 6.58 Å². The van der Waals surface area contributed by atoms with E-state index in [0.717, 1.165) is 5.69 Å². The molecule has 0 spiro atoms. The lowest BCUT2D eigenvalue weighted by Crippen LogP contribution is -2.34. The minimum atomic E-state index is -0.366. The number of imide groups is 1. The Balaban J connectivity index is 2.19. The average molecular weight is 378 g/mol. The quantitative estimate of drug-likeness (QED) is 0.547. The highest BCUT2D eigenvalue weighted by molar-refractivity contribution is 6.36. The number of methoxy groups -OCH3 is 2. The maximum atomic E-state index is 13.1. The molecule has 0 saturated heterocycles. The molecule has 2 aromatic carbocycles. The van der Waals surface area contributed by atoms with Gasteiger partial charge < -0.3 is 14.4 Å². The number of likely N-dealkylation sites (N-methyl/N-ethyl adjacent to an activating group) is 1. The van der Waals surface area contributed by atoms with Crippen LogP contribution in [0.25, 0.3) is 5.57 Å². The van der Waals surface area contributed by atoms with E-state index in [1.54, 1.807) is 37.3 Å².